The van der Waals surface area contributed by atoms with Crippen LogP contribution in [0.15, 0.2) is 48.0 Å². The van der Waals surface area contributed by atoms with Gasteiger partial charge in [-0.1, -0.05) is 23.4 Å². The smallest absolute Gasteiger partial charge is 0.206 e. The third-order valence-electron chi connectivity index (χ3n) is 2.76. The Morgan fingerprint density at radius 1 is 1.32 bits per heavy atom. The van der Waals surface area contributed by atoms with E-state index in [1.54, 1.807) is 23.2 Å². The molecule has 2 aromatic heterocycles. The highest BCUT2D eigenvalue weighted by atomic mass is 16.4. The Morgan fingerprint density at radius 3 is 3.00 bits per heavy atom. The molecule has 0 atom stereocenters. The van der Waals surface area contributed by atoms with Crippen LogP contribution >= 0.6 is 0 Å². The second-order valence-corrected chi connectivity index (χ2v) is 3.85. The molecule has 0 unspecified atom stereocenters. The van der Waals surface area contributed by atoms with E-state index in [0.29, 0.717) is 5.82 Å². The van der Waals surface area contributed by atoms with E-state index in [9.17, 15) is 0 Å². The molecule has 0 saturated carbocycles. The van der Waals surface area contributed by atoms with Crippen molar-refractivity contribution < 1.29 is 5.21 Å². The minimum atomic E-state index is -0.0640. The number of oxime groups is 1. The van der Waals surface area contributed by atoms with Crippen molar-refractivity contribution >= 4 is 16.7 Å². The Labute approximate surface area is 108 Å². The summed E-state index contributed by atoms with van der Waals surface area (Å²) in [5.41, 5.74) is 7.13. The standard InChI is InChI=1S/C12H10N6O/c13-11(17-19)12-14-5-6-18(12)10-7-15-16-9-4-2-1-3-8(9)10/h1-7,19H,(H2,13,17). The van der Waals surface area contributed by atoms with Gasteiger partial charge in [-0.2, -0.15) is 10.2 Å². The van der Waals surface area contributed by atoms with Crippen LogP contribution in [0.3, 0.4) is 0 Å². The molecule has 0 aliphatic heterocycles. The van der Waals surface area contributed by atoms with E-state index in [1.165, 1.54) is 0 Å². The van der Waals surface area contributed by atoms with E-state index in [0.717, 1.165) is 16.6 Å². The van der Waals surface area contributed by atoms with Gasteiger partial charge >= 0.3 is 0 Å². The van der Waals surface area contributed by atoms with E-state index in [4.69, 9.17) is 10.9 Å². The van der Waals surface area contributed by atoms with Gasteiger partial charge in [0.1, 0.15) is 0 Å². The van der Waals surface area contributed by atoms with Crippen molar-refractivity contribution in [2.45, 2.75) is 0 Å². The zero-order valence-corrected chi connectivity index (χ0v) is 9.80. The van der Waals surface area contributed by atoms with E-state index in [2.05, 4.69) is 20.3 Å². The first-order chi connectivity index (χ1) is 9.31. The summed E-state index contributed by atoms with van der Waals surface area (Å²) in [6.45, 7) is 0. The third kappa shape index (κ3) is 1.77. The van der Waals surface area contributed by atoms with Crippen molar-refractivity contribution in [3.63, 3.8) is 0 Å². The monoisotopic (exact) mass is 254 g/mol. The predicted octanol–water partition coefficient (Wildman–Crippen LogP) is 0.910. The molecule has 3 aromatic rings. The van der Waals surface area contributed by atoms with Crippen molar-refractivity contribution in [3.05, 3.63) is 48.7 Å². The van der Waals surface area contributed by atoms with Gasteiger partial charge in [0.15, 0.2) is 5.82 Å². The Hall–Kier alpha value is -2.96. The molecule has 3 rings (SSSR count). The molecule has 19 heavy (non-hydrogen) atoms. The summed E-state index contributed by atoms with van der Waals surface area (Å²) in [7, 11) is 0. The van der Waals surface area contributed by atoms with Crippen molar-refractivity contribution in [2.24, 2.45) is 10.9 Å². The first-order valence-corrected chi connectivity index (χ1v) is 5.53. The van der Waals surface area contributed by atoms with Crippen LogP contribution in [-0.4, -0.2) is 30.8 Å². The maximum Gasteiger partial charge on any atom is 0.206 e. The highest BCUT2D eigenvalue weighted by molar-refractivity contribution is 5.95. The van der Waals surface area contributed by atoms with E-state index >= 15 is 0 Å². The van der Waals surface area contributed by atoms with E-state index in [-0.39, 0.29) is 5.84 Å². The van der Waals surface area contributed by atoms with Gasteiger partial charge in [-0.3, -0.25) is 4.57 Å². The molecular weight excluding hydrogens is 244 g/mol. The minimum Gasteiger partial charge on any atom is -0.409 e. The lowest BCUT2D eigenvalue weighted by molar-refractivity contribution is 0.318. The zero-order chi connectivity index (χ0) is 13.2. The normalized spacial score (nSPS) is 11.9. The van der Waals surface area contributed by atoms with Gasteiger partial charge < -0.3 is 10.9 Å². The van der Waals surface area contributed by atoms with Crippen LogP contribution in [-0.2, 0) is 0 Å². The van der Waals surface area contributed by atoms with Crippen LogP contribution in [0.1, 0.15) is 5.82 Å². The highest BCUT2D eigenvalue weighted by Crippen LogP contribution is 2.20. The van der Waals surface area contributed by atoms with Gasteiger partial charge in [0.05, 0.1) is 17.4 Å². The maximum absolute atomic E-state index is 8.77. The average molecular weight is 254 g/mol. The molecule has 1 aromatic carbocycles. The van der Waals surface area contributed by atoms with Gasteiger partial charge in [0.25, 0.3) is 0 Å². The molecule has 0 fully saturated rings. The molecule has 0 saturated heterocycles. The minimum absolute atomic E-state index is 0.0640. The number of nitrogens with two attached hydrogens (primary N) is 1. The van der Waals surface area contributed by atoms with Crippen LogP contribution < -0.4 is 5.73 Å². The number of fused-ring (bicyclic) bond motifs is 1. The number of hydrogen-bond acceptors (Lipinski definition) is 5. The molecule has 0 amide bonds. The second kappa shape index (κ2) is 4.37. The number of benzene rings is 1. The summed E-state index contributed by atoms with van der Waals surface area (Å²) in [5, 5.41) is 20.7. The number of hydrogen-bond donors (Lipinski definition) is 2. The molecule has 0 bridgehead atoms. The molecule has 0 radical (unpaired) electrons. The first kappa shape index (κ1) is 11.1. The molecule has 0 aliphatic carbocycles. The van der Waals surface area contributed by atoms with Gasteiger partial charge in [-0.15, -0.1) is 0 Å². The molecule has 7 heteroatoms. The third-order valence-corrected chi connectivity index (χ3v) is 2.76. The number of aromatic nitrogens is 4. The fourth-order valence-corrected chi connectivity index (χ4v) is 1.92. The lowest BCUT2D eigenvalue weighted by Crippen LogP contribution is -2.19. The van der Waals surface area contributed by atoms with Crippen LogP contribution in [0.4, 0.5) is 0 Å². The summed E-state index contributed by atoms with van der Waals surface area (Å²) < 4.78 is 1.70. The number of nitrogens with zero attached hydrogens (tertiary/aromatic N) is 5. The van der Waals surface area contributed by atoms with Gasteiger partial charge in [-0.25, -0.2) is 4.98 Å². The lowest BCUT2D eigenvalue weighted by atomic mass is 10.2. The lowest BCUT2D eigenvalue weighted by Gasteiger charge is -2.08. The molecule has 7 nitrogen and oxygen atoms in total. The Bertz CT molecular complexity index is 758. The zero-order valence-electron chi connectivity index (χ0n) is 9.80. The fourth-order valence-electron chi connectivity index (χ4n) is 1.92. The SMILES string of the molecule is NC(=NO)c1nccn1-c1cnnc2ccccc12. The van der Waals surface area contributed by atoms with Crippen LogP contribution in [0.5, 0.6) is 0 Å². The summed E-state index contributed by atoms with van der Waals surface area (Å²) in [6.07, 6.45) is 4.90. The fraction of sp³-hybridized carbons (Fsp3) is 0. The highest BCUT2D eigenvalue weighted by Gasteiger charge is 2.12. The summed E-state index contributed by atoms with van der Waals surface area (Å²) >= 11 is 0. The molecule has 2 heterocycles. The Morgan fingerprint density at radius 2 is 2.16 bits per heavy atom. The van der Waals surface area contributed by atoms with Crippen molar-refractivity contribution in [1.82, 2.24) is 19.7 Å². The largest absolute Gasteiger partial charge is 0.409 e. The average Bonchev–Trinajstić information content (AvgIpc) is 2.95. The quantitative estimate of drug-likeness (QED) is 0.306. The van der Waals surface area contributed by atoms with Crippen LogP contribution in [0.25, 0.3) is 16.6 Å². The Balaban J connectivity index is 2.29. The predicted molar refractivity (Wildman–Crippen MR) is 69.2 cm³/mol. The van der Waals surface area contributed by atoms with E-state index < -0.39 is 0 Å². The summed E-state index contributed by atoms with van der Waals surface area (Å²) in [4.78, 5) is 4.07. The molecular formula is C12H10N6O. The molecule has 0 aliphatic rings. The van der Waals surface area contributed by atoms with Crippen molar-refractivity contribution in [2.75, 3.05) is 0 Å². The summed E-state index contributed by atoms with van der Waals surface area (Å²) in [6, 6.07) is 7.59. The number of imidazole rings is 1. The van der Waals surface area contributed by atoms with Gasteiger partial charge in [-0.05, 0) is 6.07 Å². The maximum atomic E-state index is 8.77. The van der Waals surface area contributed by atoms with Crippen molar-refractivity contribution in [1.29, 1.82) is 0 Å². The molecule has 0 spiro atoms. The molecule has 94 valence electrons. The van der Waals surface area contributed by atoms with Crippen LogP contribution in [0.2, 0.25) is 0 Å². The first-order valence-electron chi connectivity index (χ1n) is 5.53. The topological polar surface area (TPSA) is 102 Å². The number of rotatable bonds is 2. The van der Waals surface area contributed by atoms with Crippen LogP contribution in [0, 0.1) is 0 Å². The second-order valence-electron chi connectivity index (χ2n) is 3.85. The van der Waals surface area contributed by atoms with Gasteiger partial charge in [0, 0.05) is 17.8 Å². The van der Waals surface area contributed by atoms with E-state index in [1.807, 2.05) is 24.3 Å². The van der Waals surface area contributed by atoms with Crippen molar-refractivity contribution in [3.8, 4) is 5.69 Å². The van der Waals surface area contributed by atoms with Gasteiger partial charge in [0.2, 0.25) is 5.84 Å². The number of amidine groups is 1. The Kier molecular flexibility index (Phi) is 2.57. The summed E-state index contributed by atoms with van der Waals surface area (Å²) in [5.74, 6) is 0.284. The molecule has 3 N–H and O–H groups in total.